The van der Waals surface area contributed by atoms with Gasteiger partial charge in [-0.1, -0.05) is 59.6 Å². The van der Waals surface area contributed by atoms with Gasteiger partial charge in [0.15, 0.2) is 0 Å². The van der Waals surface area contributed by atoms with E-state index >= 15 is 0 Å². The molecule has 0 aliphatic carbocycles. The zero-order valence-corrected chi connectivity index (χ0v) is 22.4. The first-order chi connectivity index (χ1) is 16.2. The molecule has 34 heavy (non-hydrogen) atoms. The maximum atomic E-state index is 13.4. The molecule has 1 unspecified atom stereocenters. The highest BCUT2D eigenvalue weighted by Gasteiger charge is 2.33. The Morgan fingerprint density at radius 1 is 0.941 bits per heavy atom. The fraction of sp³-hybridized carbons (Fsp3) is 0.250. The summed E-state index contributed by atoms with van der Waals surface area (Å²) in [6.45, 7) is 2.25. The summed E-state index contributed by atoms with van der Waals surface area (Å²) in [4.78, 5) is 0.151. The molecule has 3 aromatic carbocycles. The molecule has 1 atom stereocenters. The summed E-state index contributed by atoms with van der Waals surface area (Å²) in [5.74, 6) is 0. The number of sulfonamides is 1. The molecule has 0 radical (unpaired) electrons. The van der Waals surface area contributed by atoms with Crippen molar-refractivity contribution in [2.75, 3.05) is 17.9 Å². The molecule has 3 rings (SSSR count). The number of hydrogen-bond donors (Lipinski definition) is 1. The molecule has 1 N–H and O–H groups in total. The number of aryl methyl sites for hydroxylation is 1. The van der Waals surface area contributed by atoms with Crippen molar-refractivity contribution in [3.63, 3.8) is 0 Å². The molecule has 0 spiro atoms. The van der Waals surface area contributed by atoms with Crippen LogP contribution in [0.3, 0.4) is 0 Å². The lowest BCUT2D eigenvalue weighted by Gasteiger charge is -2.25. The highest BCUT2D eigenvalue weighted by molar-refractivity contribution is 8.55. The fourth-order valence-corrected chi connectivity index (χ4v) is 8.59. The average molecular weight is 540 g/mol. The third kappa shape index (κ3) is 6.87. The minimum atomic E-state index is -3.85. The number of para-hydroxylation sites is 1. The third-order valence-electron chi connectivity index (χ3n) is 4.80. The minimum absolute atomic E-state index is 0.151. The SMILES string of the molecule is CCOP(=O)(OCC)SC(c1ccc(Cl)cc1)c1ccccc1NS(=O)(=O)c1ccc(C)cc1. The van der Waals surface area contributed by atoms with Gasteiger partial charge in [-0.2, -0.15) is 0 Å². The average Bonchev–Trinajstić information content (AvgIpc) is 2.79. The van der Waals surface area contributed by atoms with Crippen LogP contribution in [-0.4, -0.2) is 21.6 Å². The second-order valence-electron chi connectivity index (χ2n) is 7.33. The van der Waals surface area contributed by atoms with Gasteiger partial charge in [0.1, 0.15) is 0 Å². The number of hydrogen-bond acceptors (Lipinski definition) is 6. The number of halogens is 1. The number of anilines is 1. The van der Waals surface area contributed by atoms with Crippen LogP contribution in [0, 0.1) is 6.92 Å². The van der Waals surface area contributed by atoms with Gasteiger partial charge in [0.2, 0.25) is 0 Å². The fourth-order valence-electron chi connectivity index (χ4n) is 3.22. The lowest BCUT2D eigenvalue weighted by Crippen LogP contribution is -2.15. The summed E-state index contributed by atoms with van der Waals surface area (Å²) < 4.78 is 53.4. The Labute approximate surface area is 210 Å². The van der Waals surface area contributed by atoms with E-state index in [1.807, 2.05) is 19.1 Å². The first kappa shape index (κ1) is 26.8. The predicted molar refractivity (Wildman–Crippen MR) is 140 cm³/mol. The molecule has 3 aromatic rings. The molecule has 0 aliphatic rings. The molecule has 0 fully saturated rings. The number of rotatable bonds is 11. The Morgan fingerprint density at radius 2 is 1.53 bits per heavy atom. The van der Waals surface area contributed by atoms with E-state index in [1.54, 1.807) is 74.5 Å². The van der Waals surface area contributed by atoms with Crippen molar-refractivity contribution in [3.05, 3.63) is 94.5 Å². The minimum Gasteiger partial charge on any atom is -0.301 e. The smallest absolute Gasteiger partial charge is 0.301 e. The van der Waals surface area contributed by atoms with Gasteiger partial charge in [0.25, 0.3) is 10.0 Å². The molecular formula is C24H27ClNO5PS2. The van der Waals surface area contributed by atoms with Gasteiger partial charge in [-0.3, -0.25) is 4.72 Å². The van der Waals surface area contributed by atoms with Gasteiger partial charge in [0, 0.05) is 5.02 Å². The van der Waals surface area contributed by atoms with E-state index < -0.39 is 22.1 Å². The Hall–Kier alpha value is -1.80. The standard InChI is InChI=1S/C24H27ClNO5PS2/c1-4-30-32(27,31-5-2)33-24(19-12-14-20(25)15-13-19)22-8-6-7-9-23(22)26-34(28,29)21-16-10-18(3)11-17-21/h6-17,24,26H,4-5H2,1-3H3. The highest BCUT2D eigenvalue weighted by atomic mass is 35.5. The Morgan fingerprint density at radius 3 is 2.12 bits per heavy atom. The summed E-state index contributed by atoms with van der Waals surface area (Å²) in [6.07, 6.45) is 0. The molecule has 0 aromatic heterocycles. The summed E-state index contributed by atoms with van der Waals surface area (Å²) in [5, 5.41) is -0.00299. The largest absolute Gasteiger partial charge is 0.390 e. The van der Waals surface area contributed by atoms with Crippen LogP contribution in [-0.2, 0) is 23.6 Å². The van der Waals surface area contributed by atoms with E-state index in [9.17, 15) is 13.0 Å². The third-order valence-corrected chi connectivity index (χ3v) is 10.6. The molecule has 0 aliphatic heterocycles. The number of nitrogens with one attached hydrogen (secondary N) is 1. The van der Waals surface area contributed by atoms with E-state index in [4.69, 9.17) is 20.6 Å². The molecule has 6 nitrogen and oxygen atoms in total. The van der Waals surface area contributed by atoms with Crippen molar-refractivity contribution >= 4 is 45.5 Å². The molecule has 0 saturated heterocycles. The lowest BCUT2D eigenvalue weighted by molar-refractivity contribution is 0.236. The molecule has 0 amide bonds. The van der Waals surface area contributed by atoms with Gasteiger partial charge in [-0.05, 0) is 73.6 Å². The van der Waals surface area contributed by atoms with Gasteiger partial charge in [-0.25, -0.2) is 13.0 Å². The molecular weight excluding hydrogens is 513 g/mol. The summed E-state index contributed by atoms with van der Waals surface area (Å²) in [5.41, 5.74) is 2.72. The second kappa shape index (κ2) is 11.8. The van der Waals surface area contributed by atoms with Crippen LogP contribution in [0.2, 0.25) is 5.02 Å². The predicted octanol–water partition coefficient (Wildman–Crippen LogP) is 7.45. The van der Waals surface area contributed by atoms with Crippen LogP contribution >= 0.6 is 29.8 Å². The van der Waals surface area contributed by atoms with E-state index in [0.29, 0.717) is 16.3 Å². The van der Waals surface area contributed by atoms with E-state index in [1.165, 1.54) is 0 Å². The Kier molecular flexibility index (Phi) is 9.27. The highest BCUT2D eigenvalue weighted by Crippen LogP contribution is 2.67. The molecule has 10 heteroatoms. The van der Waals surface area contributed by atoms with E-state index in [-0.39, 0.29) is 18.1 Å². The van der Waals surface area contributed by atoms with Crippen molar-refractivity contribution in [2.24, 2.45) is 0 Å². The number of benzene rings is 3. The molecule has 182 valence electrons. The van der Waals surface area contributed by atoms with Crippen LogP contribution < -0.4 is 4.72 Å². The zero-order chi connectivity index (χ0) is 24.8. The maximum Gasteiger partial charge on any atom is 0.390 e. The van der Waals surface area contributed by atoms with Crippen LogP contribution in [0.4, 0.5) is 5.69 Å². The maximum absolute atomic E-state index is 13.4. The second-order valence-corrected chi connectivity index (χ2v) is 13.5. The zero-order valence-electron chi connectivity index (χ0n) is 19.1. The van der Waals surface area contributed by atoms with Crippen molar-refractivity contribution in [1.29, 1.82) is 0 Å². The quantitative estimate of drug-likeness (QED) is 0.255. The normalized spacial score (nSPS) is 12.9. The lowest BCUT2D eigenvalue weighted by atomic mass is 10.0. The monoisotopic (exact) mass is 539 g/mol. The van der Waals surface area contributed by atoms with Crippen molar-refractivity contribution in [1.82, 2.24) is 0 Å². The first-order valence-electron chi connectivity index (χ1n) is 10.7. The van der Waals surface area contributed by atoms with Crippen molar-refractivity contribution < 1.29 is 22.0 Å². The van der Waals surface area contributed by atoms with Crippen LogP contribution in [0.5, 0.6) is 0 Å². The van der Waals surface area contributed by atoms with E-state index in [2.05, 4.69) is 4.72 Å². The van der Waals surface area contributed by atoms with Gasteiger partial charge < -0.3 is 9.05 Å². The molecule has 0 bridgehead atoms. The van der Waals surface area contributed by atoms with Crippen molar-refractivity contribution in [3.8, 4) is 0 Å². The summed E-state index contributed by atoms with van der Waals surface area (Å²) >= 11 is 7.11. The van der Waals surface area contributed by atoms with Gasteiger partial charge >= 0.3 is 6.80 Å². The van der Waals surface area contributed by atoms with Gasteiger partial charge in [0.05, 0.1) is 29.0 Å². The summed E-state index contributed by atoms with van der Waals surface area (Å²) in [6, 6.07) is 20.7. The first-order valence-corrected chi connectivity index (χ1v) is 15.6. The van der Waals surface area contributed by atoms with Gasteiger partial charge in [-0.15, -0.1) is 0 Å². The van der Waals surface area contributed by atoms with Crippen LogP contribution in [0.25, 0.3) is 0 Å². The topological polar surface area (TPSA) is 81.7 Å². The Balaban J connectivity index is 2.07. The molecule has 0 saturated carbocycles. The van der Waals surface area contributed by atoms with Crippen molar-refractivity contribution in [2.45, 2.75) is 30.9 Å². The molecule has 0 heterocycles. The summed E-state index contributed by atoms with van der Waals surface area (Å²) in [7, 11) is -3.85. The Bertz CT molecular complexity index is 1240. The van der Waals surface area contributed by atoms with E-state index in [0.717, 1.165) is 22.5 Å². The van der Waals surface area contributed by atoms with Crippen LogP contribution in [0.1, 0.15) is 35.8 Å². The van der Waals surface area contributed by atoms with Crippen LogP contribution in [0.15, 0.2) is 77.7 Å².